The van der Waals surface area contributed by atoms with Crippen LogP contribution in [-0.4, -0.2) is 22.6 Å². The molecule has 0 aliphatic carbocycles. The Morgan fingerprint density at radius 3 is 2.80 bits per heavy atom. The molecule has 7 heteroatoms. The Hall–Kier alpha value is -3.58. The smallest absolute Gasteiger partial charge is 0.259 e. The van der Waals surface area contributed by atoms with Crippen LogP contribution in [0.1, 0.15) is 28.9 Å². The van der Waals surface area contributed by atoms with Crippen molar-refractivity contribution < 1.29 is 13.7 Å². The topological polar surface area (TPSA) is 72.4 Å². The van der Waals surface area contributed by atoms with Gasteiger partial charge in [0.1, 0.15) is 5.76 Å². The lowest BCUT2D eigenvalue weighted by molar-refractivity contribution is 0.0985. The summed E-state index contributed by atoms with van der Waals surface area (Å²) in [6.45, 7) is 2.56. The zero-order chi connectivity index (χ0) is 20.5. The Morgan fingerprint density at radius 1 is 1.07 bits per heavy atom. The van der Waals surface area contributed by atoms with E-state index in [1.807, 2.05) is 61.5 Å². The number of carbonyl (C=O) groups excluding carboxylic acids is 1. The third-order valence-electron chi connectivity index (χ3n) is 4.78. The number of anilines is 1. The van der Waals surface area contributed by atoms with Crippen molar-refractivity contribution in [3.63, 3.8) is 0 Å². The van der Waals surface area contributed by atoms with E-state index in [0.29, 0.717) is 29.6 Å². The summed E-state index contributed by atoms with van der Waals surface area (Å²) in [6.07, 6.45) is 5.09. The maximum absolute atomic E-state index is 13.0. The van der Waals surface area contributed by atoms with E-state index in [-0.39, 0.29) is 5.91 Å². The number of rotatable bonds is 4. The number of hydrogen-bond donors (Lipinski definition) is 0. The first-order chi connectivity index (χ1) is 14.7. The number of furan rings is 1. The molecule has 30 heavy (non-hydrogen) atoms. The van der Waals surface area contributed by atoms with Crippen LogP contribution >= 0.6 is 11.8 Å². The van der Waals surface area contributed by atoms with E-state index in [1.54, 1.807) is 35.1 Å². The van der Waals surface area contributed by atoms with Crippen LogP contribution in [0.25, 0.3) is 23.5 Å². The number of nitrogens with zero attached hydrogens (tertiary/aromatic N) is 3. The average molecular weight is 415 g/mol. The molecular formula is C23H17N3O3S. The molecule has 0 N–H and O–H groups in total. The summed E-state index contributed by atoms with van der Waals surface area (Å²) in [5.74, 6) is 1.60. The lowest BCUT2D eigenvalue weighted by Crippen LogP contribution is -2.30. The van der Waals surface area contributed by atoms with Gasteiger partial charge in [-0.15, -0.1) is 0 Å². The highest BCUT2D eigenvalue weighted by atomic mass is 32.2. The molecule has 6 nitrogen and oxygen atoms in total. The van der Waals surface area contributed by atoms with Crippen LogP contribution in [0.2, 0.25) is 0 Å². The molecule has 3 heterocycles. The van der Waals surface area contributed by atoms with E-state index in [0.717, 1.165) is 21.0 Å². The minimum Gasteiger partial charge on any atom is -0.465 e. The molecule has 1 amide bonds. The second-order valence-electron chi connectivity index (χ2n) is 6.64. The number of hydrogen-bond acceptors (Lipinski definition) is 6. The Balaban J connectivity index is 1.50. The van der Waals surface area contributed by atoms with E-state index in [2.05, 4.69) is 10.1 Å². The largest absolute Gasteiger partial charge is 0.465 e. The predicted molar refractivity (Wildman–Crippen MR) is 115 cm³/mol. The van der Waals surface area contributed by atoms with Gasteiger partial charge in [0.25, 0.3) is 11.8 Å². The molecule has 2 aromatic carbocycles. The average Bonchev–Trinajstić information content (AvgIpc) is 3.44. The van der Waals surface area contributed by atoms with Crippen molar-refractivity contribution in [2.24, 2.45) is 0 Å². The van der Waals surface area contributed by atoms with Crippen LogP contribution < -0.4 is 4.90 Å². The zero-order valence-corrected chi connectivity index (χ0v) is 16.9. The summed E-state index contributed by atoms with van der Waals surface area (Å²) in [5.41, 5.74) is 2.42. The lowest BCUT2D eigenvalue weighted by Gasteiger charge is -2.21. The summed E-state index contributed by atoms with van der Waals surface area (Å²) < 4.78 is 10.6. The molecule has 0 unspecified atom stereocenters. The van der Waals surface area contributed by atoms with Gasteiger partial charge in [0, 0.05) is 28.0 Å². The van der Waals surface area contributed by atoms with E-state index in [1.165, 1.54) is 0 Å². The molecular weight excluding hydrogens is 398 g/mol. The maximum Gasteiger partial charge on any atom is 0.259 e. The molecule has 148 valence electrons. The molecule has 0 saturated carbocycles. The highest BCUT2D eigenvalue weighted by Crippen LogP contribution is 2.42. The summed E-state index contributed by atoms with van der Waals surface area (Å²) >= 11 is 1.58. The predicted octanol–water partition coefficient (Wildman–Crippen LogP) is 5.63. The van der Waals surface area contributed by atoms with Gasteiger partial charge in [0.05, 0.1) is 17.5 Å². The van der Waals surface area contributed by atoms with Crippen LogP contribution in [0.3, 0.4) is 0 Å². The van der Waals surface area contributed by atoms with Gasteiger partial charge in [-0.2, -0.15) is 4.98 Å². The fourth-order valence-corrected chi connectivity index (χ4v) is 4.45. The summed E-state index contributed by atoms with van der Waals surface area (Å²) in [4.78, 5) is 21.2. The minimum absolute atomic E-state index is 0.0111. The standard InChI is InChI=1S/C23H17N3O3S/c1-2-26-18-11-9-15(14-20(18)30-19-8-4-3-7-17(19)23(26)27)22-24-21(29-25-22)12-10-16-6-5-13-28-16/h3-14H,2H2,1H3. The van der Waals surface area contributed by atoms with Crippen molar-refractivity contribution >= 4 is 35.5 Å². The first-order valence-corrected chi connectivity index (χ1v) is 10.3. The molecule has 0 saturated heterocycles. The van der Waals surface area contributed by atoms with Gasteiger partial charge >= 0.3 is 0 Å². The number of aromatic nitrogens is 2. The molecule has 1 aliphatic heterocycles. The number of fused-ring (bicyclic) bond motifs is 2. The van der Waals surface area contributed by atoms with Crippen molar-refractivity contribution in [3.05, 3.63) is 78.1 Å². The number of carbonyl (C=O) groups is 1. The third-order valence-corrected chi connectivity index (χ3v) is 5.91. The second-order valence-corrected chi connectivity index (χ2v) is 7.72. The molecule has 2 aromatic heterocycles. The van der Waals surface area contributed by atoms with Gasteiger partial charge in [-0.05, 0) is 55.5 Å². The first kappa shape index (κ1) is 18.4. The fraction of sp³-hybridized carbons (Fsp3) is 0.0870. The summed E-state index contributed by atoms with van der Waals surface area (Å²) in [6, 6.07) is 17.2. The van der Waals surface area contributed by atoms with Crippen LogP contribution in [0, 0.1) is 0 Å². The van der Waals surface area contributed by atoms with Gasteiger partial charge in [-0.1, -0.05) is 29.1 Å². The Labute approximate surface area is 177 Å². The number of benzene rings is 2. The Bertz CT molecular complexity index is 1240. The third kappa shape index (κ3) is 3.33. The minimum atomic E-state index is 0.0111. The van der Waals surface area contributed by atoms with Crippen LogP contribution in [-0.2, 0) is 0 Å². The van der Waals surface area contributed by atoms with E-state index in [4.69, 9.17) is 8.94 Å². The van der Waals surface area contributed by atoms with Gasteiger partial charge in [0.15, 0.2) is 0 Å². The van der Waals surface area contributed by atoms with E-state index >= 15 is 0 Å². The quantitative estimate of drug-likeness (QED) is 0.430. The van der Waals surface area contributed by atoms with E-state index in [9.17, 15) is 4.79 Å². The van der Waals surface area contributed by atoms with Crippen LogP contribution in [0.15, 0.2) is 79.6 Å². The van der Waals surface area contributed by atoms with Crippen molar-refractivity contribution in [3.8, 4) is 11.4 Å². The maximum atomic E-state index is 13.0. The van der Waals surface area contributed by atoms with Crippen molar-refractivity contribution in [1.29, 1.82) is 0 Å². The summed E-state index contributed by atoms with van der Waals surface area (Å²) in [7, 11) is 0. The first-order valence-electron chi connectivity index (χ1n) is 9.51. The van der Waals surface area contributed by atoms with Crippen LogP contribution in [0.4, 0.5) is 5.69 Å². The second kappa shape index (κ2) is 7.68. The highest BCUT2D eigenvalue weighted by Gasteiger charge is 2.26. The molecule has 5 rings (SSSR count). The summed E-state index contributed by atoms with van der Waals surface area (Å²) in [5, 5.41) is 4.10. The van der Waals surface area contributed by atoms with Gasteiger partial charge in [-0.3, -0.25) is 4.79 Å². The molecule has 0 atom stereocenters. The Kier molecular flexibility index (Phi) is 4.72. The van der Waals surface area contributed by atoms with Crippen molar-refractivity contribution in [2.75, 3.05) is 11.4 Å². The molecule has 0 radical (unpaired) electrons. The molecule has 0 bridgehead atoms. The van der Waals surface area contributed by atoms with Crippen molar-refractivity contribution in [2.45, 2.75) is 16.7 Å². The lowest BCUT2D eigenvalue weighted by atomic mass is 10.1. The molecule has 1 aliphatic rings. The molecule has 0 spiro atoms. The molecule has 0 fully saturated rings. The SMILES string of the molecule is CCN1C(=O)c2ccccc2Sc2cc(-c3noc(C=Cc4ccco4)n3)ccc21. The van der Waals surface area contributed by atoms with Crippen molar-refractivity contribution in [1.82, 2.24) is 10.1 Å². The normalized spacial score (nSPS) is 13.4. The van der Waals surface area contributed by atoms with E-state index < -0.39 is 0 Å². The Morgan fingerprint density at radius 2 is 1.97 bits per heavy atom. The van der Waals surface area contributed by atoms with Gasteiger partial charge < -0.3 is 13.8 Å². The van der Waals surface area contributed by atoms with Gasteiger partial charge in [-0.25, -0.2) is 0 Å². The monoisotopic (exact) mass is 415 g/mol. The van der Waals surface area contributed by atoms with Crippen LogP contribution in [0.5, 0.6) is 0 Å². The fourth-order valence-electron chi connectivity index (χ4n) is 3.34. The highest BCUT2D eigenvalue weighted by molar-refractivity contribution is 7.99. The number of amides is 1. The zero-order valence-electron chi connectivity index (χ0n) is 16.1. The van der Waals surface area contributed by atoms with Gasteiger partial charge in [0.2, 0.25) is 5.82 Å². The molecule has 4 aromatic rings.